The molecule has 6 rings (SSSR count). The smallest absolute Gasteiger partial charge is 0.255 e. The molecule has 1 saturated carbocycles. The summed E-state index contributed by atoms with van der Waals surface area (Å²) in [6.07, 6.45) is 8.62. The van der Waals surface area contributed by atoms with Crippen LogP contribution in [0.4, 0.5) is 5.82 Å². The second-order valence-electron chi connectivity index (χ2n) is 9.18. The number of benzene rings is 1. The number of amides is 1. The van der Waals surface area contributed by atoms with Crippen LogP contribution in [0.15, 0.2) is 28.7 Å². The second kappa shape index (κ2) is 8.41. The van der Waals surface area contributed by atoms with Crippen LogP contribution in [0.25, 0.3) is 10.2 Å². The van der Waals surface area contributed by atoms with E-state index < -0.39 is 0 Å². The molecule has 1 amide bonds. The van der Waals surface area contributed by atoms with Crippen molar-refractivity contribution >= 4 is 49.2 Å². The molecule has 3 aromatic rings. The van der Waals surface area contributed by atoms with Crippen molar-refractivity contribution in [1.29, 1.82) is 0 Å². The molecule has 1 saturated heterocycles. The normalized spacial score (nSPS) is 19.2. The summed E-state index contributed by atoms with van der Waals surface area (Å²) >= 11 is 5.44. The number of hydrogen-bond donors (Lipinski definition) is 0. The number of aromatic nitrogens is 2. The summed E-state index contributed by atoms with van der Waals surface area (Å²) in [5.41, 5.74) is 2.25. The molecule has 0 spiro atoms. The van der Waals surface area contributed by atoms with Gasteiger partial charge in [-0.15, -0.1) is 11.3 Å². The Labute approximate surface area is 201 Å². The van der Waals surface area contributed by atoms with Gasteiger partial charge in [-0.05, 0) is 72.2 Å². The van der Waals surface area contributed by atoms with Gasteiger partial charge in [0.1, 0.15) is 16.5 Å². The number of carbonyl (C=O) groups excluding carboxylic acids is 1. The third-order valence-electron chi connectivity index (χ3n) is 6.98. The molecule has 2 fully saturated rings. The maximum absolute atomic E-state index is 13.1. The third kappa shape index (κ3) is 3.73. The molecule has 2 aliphatic carbocycles. The number of hydrogen-bond acceptors (Lipinski definition) is 5. The predicted octanol–water partition coefficient (Wildman–Crippen LogP) is 5.56. The lowest BCUT2D eigenvalue weighted by molar-refractivity contribution is 0.0745. The van der Waals surface area contributed by atoms with Crippen LogP contribution in [0.1, 0.15) is 64.6 Å². The summed E-state index contributed by atoms with van der Waals surface area (Å²) in [7, 11) is 0. The zero-order chi connectivity index (χ0) is 21.7. The van der Waals surface area contributed by atoms with Crippen LogP contribution in [-0.2, 0) is 12.8 Å². The van der Waals surface area contributed by atoms with Gasteiger partial charge in [0.15, 0.2) is 0 Å². The molecule has 3 aliphatic rings. The van der Waals surface area contributed by atoms with Gasteiger partial charge in [0.05, 0.1) is 10.9 Å². The van der Waals surface area contributed by atoms with E-state index in [0.29, 0.717) is 5.92 Å². The average molecular weight is 511 g/mol. The first-order valence-electron chi connectivity index (χ1n) is 11.8. The van der Waals surface area contributed by atoms with E-state index in [1.54, 1.807) is 0 Å². The highest BCUT2D eigenvalue weighted by molar-refractivity contribution is 9.10. The number of carbonyl (C=O) groups is 1. The molecule has 7 heteroatoms. The quantitative estimate of drug-likeness (QED) is 0.432. The highest BCUT2D eigenvalue weighted by Crippen LogP contribution is 2.44. The number of thiophene rings is 1. The number of anilines is 1. The Kier molecular flexibility index (Phi) is 5.42. The number of fused-ring (bicyclic) bond motifs is 3. The van der Waals surface area contributed by atoms with E-state index in [-0.39, 0.29) is 5.91 Å². The molecular weight excluding hydrogens is 484 g/mol. The van der Waals surface area contributed by atoms with Crippen LogP contribution < -0.4 is 4.90 Å². The first-order valence-corrected chi connectivity index (χ1v) is 13.4. The van der Waals surface area contributed by atoms with E-state index in [1.165, 1.54) is 59.2 Å². The van der Waals surface area contributed by atoms with Crippen LogP contribution in [-0.4, -0.2) is 47.0 Å². The van der Waals surface area contributed by atoms with Crippen molar-refractivity contribution in [3.63, 3.8) is 0 Å². The minimum Gasteiger partial charge on any atom is -0.352 e. The summed E-state index contributed by atoms with van der Waals surface area (Å²) in [5, 5.41) is 1.31. The number of rotatable bonds is 3. The molecule has 0 bridgehead atoms. The zero-order valence-electron chi connectivity index (χ0n) is 18.1. The van der Waals surface area contributed by atoms with Gasteiger partial charge in [-0.3, -0.25) is 4.79 Å². The van der Waals surface area contributed by atoms with Crippen LogP contribution in [0.5, 0.6) is 0 Å². The summed E-state index contributed by atoms with van der Waals surface area (Å²) in [5.74, 6) is 2.81. The number of halogens is 1. The van der Waals surface area contributed by atoms with Crippen molar-refractivity contribution in [2.24, 2.45) is 0 Å². The Balaban J connectivity index is 1.31. The maximum atomic E-state index is 13.1. The minimum absolute atomic E-state index is 0.105. The molecule has 0 radical (unpaired) electrons. The molecule has 1 aliphatic heterocycles. The molecule has 0 unspecified atom stereocenters. The standard InChI is InChI=1S/C25H27BrN4OS/c26-19-8-5-4-6-17(19)25(31)30-14-12-29(13-15-30)23-21-18-7-2-1-3-9-20(18)32-24(21)28-22(27-23)16-10-11-16/h4-6,8,16H,1-3,7,9-15H2. The molecule has 32 heavy (non-hydrogen) atoms. The summed E-state index contributed by atoms with van der Waals surface area (Å²) in [6.45, 7) is 3.07. The number of aryl methyl sites for hydroxylation is 2. The van der Waals surface area contributed by atoms with Gasteiger partial charge in [0.25, 0.3) is 5.91 Å². The molecule has 0 atom stereocenters. The topological polar surface area (TPSA) is 49.3 Å². The lowest BCUT2D eigenvalue weighted by Crippen LogP contribution is -2.49. The second-order valence-corrected chi connectivity index (χ2v) is 11.1. The third-order valence-corrected chi connectivity index (χ3v) is 8.85. The van der Waals surface area contributed by atoms with E-state index in [0.717, 1.165) is 54.3 Å². The molecule has 0 N–H and O–H groups in total. The highest BCUT2D eigenvalue weighted by Gasteiger charge is 2.32. The minimum atomic E-state index is 0.105. The van der Waals surface area contributed by atoms with Gasteiger partial charge in [0.2, 0.25) is 0 Å². The van der Waals surface area contributed by atoms with Crippen molar-refractivity contribution in [3.8, 4) is 0 Å². The average Bonchev–Trinajstić information content (AvgIpc) is 3.64. The van der Waals surface area contributed by atoms with Crippen molar-refractivity contribution in [2.75, 3.05) is 31.1 Å². The van der Waals surface area contributed by atoms with Gasteiger partial charge < -0.3 is 9.80 Å². The van der Waals surface area contributed by atoms with Crippen molar-refractivity contribution in [1.82, 2.24) is 14.9 Å². The Morgan fingerprint density at radius 2 is 1.78 bits per heavy atom. The fourth-order valence-electron chi connectivity index (χ4n) is 5.01. The Bertz CT molecular complexity index is 1180. The molecule has 3 heterocycles. The Morgan fingerprint density at radius 3 is 2.56 bits per heavy atom. The molecule has 166 valence electrons. The number of piperazine rings is 1. The Hall–Kier alpha value is -1.99. The van der Waals surface area contributed by atoms with E-state index in [2.05, 4.69) is 20.8 Å². The van der Waals surface area contributed by atoms with Gasteiger partial charge in [-0.25, -0.2) is 9.97 Å². The number of nitrogens with zero attached hydrogens (tertiary/aromatic N) is 4. The van der Waals surface area contributed by atoms with Gasteiger partial charge >= 0.3 is 0 Å². The zero-order valence-corrected chi connectivity index (χ0v) is 20.6. The molecule has 2 aromatic heterocycles. The van der Waals surface area contributed by atoms with Crippen molar-refractivity contribution in [3.05, 3.63) is 50.6 Å². The van der Waals surface area contributed by atoms with Gasteiger partial charge in [0, 0.05) is 41.4 Å². The lowest BCUT2D eigenvalue weighted by atomic mass is 10.1. The van der Waals surface area contributed by atoms with Crippen LogP contribution in [0.3, 0.4) is 0 Å². The van der Waals surface area contributed by atoms with E-state index in [1.807, 2.05) is 40.5 Å². The predicted molar refractivity (Wildman–Crippen MR) is 133 cm³/mol. The first kappa shape index (κ1) is 20.6. The molecule has 1 aromatic carbocycles. The summed E-state index contributed by atoms with van der Waals surface area (Å²) in [4.78, 5) is 30.4. The van der Waals surface area contributed by atoms with Crippen molar-refractivity contribution in [2.45, 2.75) is 50.9 Å². The largest absolute Gasteiger partial charge is 0.352 e. The van der Waals surface area contributed by atoms with Gasteiger partial charge in [-0.2, -0.15) is 0 Å². The lowest BCUT2D eigenvalue weighted by Gasteiger charge is -2.36. The van der Waals surface area contributed by atoms with E-state index in [9.17, 15) is 4.79 Å². The van der Waals surface area contributed by atoms with Crippen LogP contribution in [0.2, 0.25) is 0 Å². The summed E-state index contributed by atoms with van der Waals surface area (Å²) in [6, 6.07) is 7.70. The van der Waals surface area contributed by atoms with Gasteiger partial charge in [-0.1, -0.05) is 18.6 Å². The fraction of sp³-hybridized carbons (Fsp3) is 0.480. The fourth-order valence-corrected chi connectivity index (χ4v) is 6.73. The van der Waals surface area contributed by atoms with E-state index >= 15 is 0 Å². The Morgan fingerprint density at radius 1 is 1.00 bits per heavy atom. The summed E-state index contributed by atoms with van der Waals surface area (Å²) < 4.78 is 0.861. The van der Waals surface area contributed by atoms with Crippen LogP contribution >= 0.6 is 27.3 Å². The van der Waals surface area contributed by atoms with E-state index in [4.69, 9.17) is 9.97 Å². The SMILES string of the molecule is O=C(c1ccccc1Br)N1CCN(c2nc(C3CC3)nc3sc4c(c23)CCCCC4)CC1. The highest BCUT2D eigenvalue weighted by atomic mass is 79.9. The maximum Gasteiger partial charge on any atom is 0.255 e. The monoisotopic (exact) mass is 510 g/mol. The van der Waals surface area contributed by atoms with Crippen LogP contribution in [0, 0.1) is 0 Å². The van der Waals surface area contributed by atoms with Crippen molar-refractivity contribution < 1.29 is 4.79 Å². The first-order chi connectivity index (χ1) is 15.7. The molecule has 5 nitrogen and oxygen atoms in total. The molecular formula is C25H27BrN4OS.